The second kappa shape index (κ2) is 2.69. The van der Waals surface area contributed by atoms with Crippen LogP contribution in [0.25, 0.3) is 0 Å². The van der Waals surface area contributed by atoms with Crippen LogP contribution in [0.5, 0.6) is 0 Å². The number of hydrogen-bond acceptors (Lipinski definition) is 1. The van der Waals surface area contributed by atoms with Gasteiger partial charge < -0.3 is 4.79 Å². The third-order valence-electron chi connectivity index (χ3n) is 3.01. The van der Waals surface area contributed by atoms with Crippen LogP contribution in [0, 0.1) is 5.41 Å². The molecule has 2 rings (SSSR count). The van der Waals surface area contributed by atoms with Crippen molar-refractivity contribution >= 4 is 6.29 Å². The normalized spacial score (nSPS) is 24.0. The van der Waals surface area contributed by atoms with Crippen molar-refractivity contribution in [2.24, 2.45) is 5.41 Å². The van der Waals surface area contributed by atoms with Gasteiger partial charge in [-0.2, -0.15) is 0 Å². The van der Waals surface area contributed by atoms with Gasteiger partial charge in [0.1, 0.15) is 6.29 Å². The molecule has 1 unspecified atom stereocenters. The van der Waals surface area contributed by atoms with Crippen molar-refractivity contribution in [3.63, 3.8) is 0 Å². The Balaban J connectivity index is 2.52. The molecule has 13 heavy (non-hydrogen) atoms. The summed E-state index contributed by atoms with van der Waals surface area (Å²) >= 11 is 0. The van der Waals surface area contributed by atoms with E-state index in [1.54, 1.807) is 0 Å². The van der Waals surface area contributed by atoms with E-state index in [2.05, 4.69) is 26.0 Å². The zero-order valence-electron chi connectivity index (χ0n) is 8.08. The van der Waals surface area contributed by atoms with Gasteiger partial charge in [0.2, 0.25) is 0 Å². The number of benzene rings is 1. The Morgan fingerprint density at radius 3 is 2.77 bits per heavy atom. The number of carbonyl (C=O) groups excluding carboxylic acids is 1. The first-order chi connectivity index (χ1) is 6.15. The lowest BCUT2D eigenvalue weighted by Gasteiger charge is -2.22. The fourth-order valence-electron chi connectivity index (χ4n) is 2.28. The average molecular weight is 174 g/mol. The van der Waals surface area contributed by atoms with Crippen LogP contribution >= 0.6 is 0 Å². The van der Waals surface area contributed by atoms with E-state index in [0.717, 1.165) is 12.7 Å². The minimum absolute atomic E-state index is 0.0868. The lowest BCUT2D eigenvalue weighted by Crippen LogP contribution is -2.18. The quantitative estimate of drug-likeness (QED) is 0.598. The maximum absolute atomic E-state index is 11.0. The highest BCUT2D eigenvalue weighted by Gasteiger charge is 2.38. The summed E-state index contributed by atoms with van der Waals surface area (Å²) in [5, 5.41) is 0. The molecule has 68 valence electrons. The first-order valence-electron chi connectivity index (χ1n) is 4.68. The molecule has 0 saturated carbocycles. The Morgan fingerprint density at radius 2 is 2.08 bits per heavy atom. The summed E-state index contributed by atoms with van der Waals surface area (Å²) in [5.74, 6) is 0.0868. The lowest BCUT2D eigenvalue weighted by atomic mass is 9.81. The van der Waals surface area contributed by atoms with Crippen molar-refractivity contribution in [3.8, 4) is 0 Å². The van der Waals surface area contributed by atoms with E-state index >= 15 is 0 Å². The van der Waals surface area contributed by atoms with Crippen molar-refractivity contribution in [2.75, 3.05) is 0 Å². The summed E-state index contributed by atoms with van der Waals surface area (Å²) in [6.45, 7) is 4.32. The van der Waals surface area contributed by atoms with E-state index in [1.165, 1.54) is 11.1 Å². The van der Waals surface area contributed by atoms with E-state index in [4.69, 9.17) is 0 Å². The molecule has 0 aromatic heterocycles. The highest BCUT2D eigenvalue weighted by Crippen LogP contribution is 2.45. The molecule has 1 aromatic carbocycles. The molecule has 1 nitrogen and oxygen atoms in total. The highest BCUT2D eigenvalue weighted by atomic mass is 16.1. The van der Waals surface area contributed by atoms with Gasteiger partial charge in [0.15, 0.2) is 0 Å². The maximum Gasteiger partial charge on any atom is 0.128 e. The molecule has 0 radical (unpaired) electrons. The smallest absolute Gasteiger partial charge is 0.128 e. The molecule has 1 atom stereocenters. The Bertz CT molecular complexity index is 339. The van der Waals surface area contributed by atoms with E-state index in [-0.39, 0.29) is 11.3 Å². The van der Waals surface area contributed by atoms with Crippen LogP contribution in [-0.4, -0.2) is 6.29 Å². The summed E-state index contributed by atoms with van der Waals surface area (Å²) in [6.07, 6.45) is 2.11. The SMILES string of the molecule is CC1(C)Cc2ccccc2C1C=O. The minimum atomic E-state index is 0.0868. The molecule has 0 amide bonds. The molecule has 1 aromatic rings. The first kappa shape index (κ1) is 8.49. The first-order valence-corrected chi connectivity index (χ1v) is 4.68. The molecular formula is C12H14O. The molecule has 1 heteroatoms. The second-order valence-corrected chi connectivity index (χ2v) is 4.48. The molecule has 0 N–H and O–H groups in total. The van der Waals surface area contributed by atoms with E-state index in [1.807, 2.05) is 12.1 Å². The van der Waals surface area contributed by atoms with Crippen LogP contribution in [0.4, 0.5) is 0 Å². The van der Waals surface area contributed by atoms with Gasteiger partial charge in [-0.05, 0) is 23.0 Å². The van der Waals surface area contributed by atoms with Crippen molar-refractivity contribution in [1.29, 1.82) is 0 Å². The fourth-order valence-corrected chi connectivity index (χ4v) is 2.28. The Kier molecular flexibility index (Phi) is 1.76. The van der Waals surface area contributed by atoms with Crippen LogP contribution in [0.2, 0.25) is 0 Å². The van der Waals surface area contributed by atoms with Crippen molar-refractivity contribution in [3.05, 3.63) is 35.4 Å². The van der Waals surface area contributed by atoms with Crippen LogP contribution in [0.3, 0.4) is 0 Å². The molecule has 0 bridgehead atoms. The van der Waals surface area contributed by atoms with Crippen LogP contribution in [0.15, 0.2) is 24.3 Å². The molecule has 0 fully saturated rings. The van der Waals surface area contributed by atoms with Gasteiger partial charge in [-0.3, -0.25) is 0 Å². The maximum atomic E-state index is 11.0. The van der Waals surface area contributed by atoms with Gasteiger partial charge >= 0.3 is 0 Å². The van der Waals surface area contributed by atoms with Crippen molar-refractivity contribution in [1.82, 2.24) is 0 Å². The number of carbonyl (C=O) groups is 1. The Morgan fingerprint density at radius 1 is 1.38 bits per heavy atom. The predicted octanol–water partition coefficient (Wildman–Crippen LogP) is 2.55. The zero-order chi connectivity index (χ0) is 9.47. The topological polar surface area (TPSA) is 17.1 Å². The summed E-state index contributed by atoms with van der Waals surface area (Å²) in [5.41, 5.74) is 2.66. The average Bonchev–Trinajstić information content (AvgIpc) is 2.33. The van der Waals surface area contributed by atoms with Crippen molar-refractivity contribution in [2.45, 2.75) is 26.2 Å². The van der Waals surface area contributed by atoms with E-state index < -0.39 is 0 Å². The predicted molar refractivity (Wildman–Crippen MR) is 52.7 cm³/mol. The van der Waals surface area contributed by atoms with Crippen molar-refractivity contribution < 1.29 is 4.79 Å². The molecule has 1 aliphatic carbocycles. The third-order valence-corrected chi connectivity index (χ3v) is 3.01. The van der Waals surface area contributed by atoms with Crippen LogP contribution < -0.4 is 0 Å². The Labute approximate surface area is 78.8 Å². The Hall–Kier alpha value is -1.11. The zero-order valence-corrected chi connectivity index (χ0v) is 8.08. The van der Waals surface area contributed by atoms with Crippen LogP contribution in [-0.2, 0) is 11.2 Å². The molecule has 0 heterocycles. The molecule has 0 aliphatic heterocycles. The largest absolute Gasteiger partial charge is 0.303 e. The number of hydrogen-bond donors (Lipinski definition) is 0. The summed E-state index contributed by atoms with van der Waals surface area (Å²) in [6, 6.07) is 8.25. The monoisotopic (exact) mass is 174 g/mol. The van der Waals surface area contributed by atoms with Gasteiger partial charge in [-0.1, -0.05) is 38.1 Å². The van der Waals surface area contributed by atoms with Crippen LogP contribution in [0.1, 0.15) is 30.9 Å². The van der Waals surface area contributed by atoms with Gasteiger partial charge in [0, 0.05) is 5.92 Å². The van der Waals surface area contributed by atoms with E-state index in [9.17, 15) is 4.79 Å². The van der Waals surface area contributed by atoms with Gasteiger partial charge in [-0.25, -0.2) is 0 Å². The number of rotatable bonds is 1. The van der Waals surface area contributed by atoms with Gasteiger partial charge in [0.05, 0.1) is 0 Å². The summed E-state index contributed by atoms with van der Waals surface area (Å²) in [7, 11) is 0. The molecule has 0 saturated heterocycles. The highest BCUT2D eigenvalue weighted by molar-refractivity contribution is 5.67. The standard InChI is InChI=1S/C12H14O/c1-12(2)7-9-5-3-4-6-10(9)11(12)8-13/h3-6,8,11H,7H2,1-2H3. The summed E-state index contributed by atoms with van der Waals surface area (Å²) in [4.78, 5) is 11.0. The molecule has 0 spiro atoms. The molecular weight excluding hydrogens is 160 g/mol. The molecule has 1 aliphatic rings. The fraction of sp³-hybridized carbons (Fsp3) is 0.417. The number of aldehydes is 1. The summed E-state index contributed by atoms with van der Waals surface area (Å²) < 4.78 is 0. The van der Waals surface area contributed by atoms with Gasteiger partial charge in [0.25, 0.3) is 0 Å². The second-order valence-electron chi connectivity index (χ2n) is 4.48. The van der Waals surface area contributed by atoms with Gasteiger partial charge in [-0.15, -0.1) is 0 Å². The lowest BCUT2D eigenvalue weighted by molar-refractivity contribution is -0.110. The minimum Gasteiger partial charge on any atom is -0.303 e. The third kappa shape index (κ3) is 1.19. The van der Waals surface area contributed by atoms with E-state index in [0.29, 0.717) is 0 Å². The number of fused-ring (bicyclic) bond motifs is 1.